The number of amides is 3. The number of anilines is 1. The van der Waals surface area contributed by atoms with Gasteiger partial charge in [-0.2, -0.15) is 0 Å². The van der Waals surface area contributed by atoms with Crippen LogP contribution in [-0.2, 0) is 9.53 Å². The molecular weight excluding hydrogens is 398 g/mol. The zero-order valence-electron chi connectivity index (χ0n) is 17.4. The number of benzene rings is 1. The van der Waals surface area contributed by atoms with E-state index in [-0.39, 0.29) is 17.8 Å². The Kier molecular flexibility index (Phi) is 8.10. The highest BCUT2D eigenvalue weighted by molar-refractivity contribution is 6.03. The Balaban J connectivity index is 1.97. The highest BCUT2D eigenvalue weighted by atomic mass is 19.2. The fourth-order valence-corrected chi connectivity index (χ4v) is 2.91. The Hall–Kier alpha value is -2.75. The topological polar surface area (TPSA) is 109 Å². The van der Waals surface area contributed by atoms with Crippen molar-refractivity contribution in [2.45, 2.75) is 39.2 Å². The van der Waals surface area contributed by atoms with Gasteiger partial charge in [-0.1, -0.05) is 0 Å². The first-order valence-corrected chi connectivity index (χ1v) is 9.80. The van der Waals surface area contributed by atoms with Gasteiger partial charge in [0, 0.05) is 12.6 Å². The van der Waals surface area contributed by atoms with Gasteiger partial charge in [0.2, 0.25) is 5.91 Å². The monoisotopic (exact) mass is 426 g/mol. The van der Waals surface area contributed by atoms with Crippen molar-refractivity contribution in [3.63, 3.8) is 0 Å². The van der Waals surface area contributed by atoms with E-state index >= 15 is 0 Å². The average molecular weight is 426 g/mol. The number of carbonyl (C=O) groups excluding carboxylic acids is 3. The molecule has 10 heteroatoms. The summed E-state index contributed by atoms with van der Waals surface area (Å²) < 4.78 is 32.4. The molecule has 0 spiro atoms. The average Bonchev–Trinajstić information content (AvgIpc) is 2.66. The molecule has 4 N–H and O–H groups in total. The van der Waals surface area contributed by atoms with Crippen LogP contribution in [0.1, 0.15) is 44.0 Å². The molecule has 1 aromatic rings. The van der Waals surface area contributed by atoms with Gasteiger partial charge in [-0.05, 0) is 58.7 Å². The Morgan fingerprint density at radius 1 is 1.10 bits per heavy atom. The first kappa shape index (κ1) is 23.5. The van der Waals surface area contributed by atoms with E-state index in [0.29, 0.717) is 24.6 Å². The summed E-state index contributed by atoms with van der Waals surface area (Å²) in [5.74, 6) is -3.35. The summed E-state index contributed by atoms with van der Waals surface area (Å²) in [5.41, 5.74) is -1.42. The van der Waals surface area contributed by atoms with Gasteiger partial charge in [0.05, 0.1) is 17.8 Å². The summed E-state index contributed by atoms with van der Waals surface area (Å²) in [7, 11) is 0. The van der Waals surface area contributed by atoms with Gasteiger partial charge in [-0.15, -0.1) is 0 Å². The van der Waals surface area contributed by atoms with Crippen molar-refractivity contribution in [3.05, 3.63) is 29.3 Å². The van der Waals surface area contributed by atoms with Crippen LogP contribution in [0.15, 0.2) is 12.1 Å². The molecule has 0 bridgehead atoms. The standard InChI is InChI=1S/C20H28F2N4O4/c1-20(2,3)30-19(29)26-16-9-15(22)14(21)8-13(16)18(28)25-11-17(27)24-10-12-4-6-23-7-5-12/h8-9,12,23H,4-7,10-11H2,1-3H3,(H,24,27)(H,25,28)(H,26,29). The number of nitrogens with one attached hydrogen (secondary N) is 4. The maximum Gasteiger partial charge on any atom is 0.412 e. The first-order chi connectivity index (χ1) is 14.0. The van der Waals surface area contributed by atoms with Gasteiger partial charge in [0.25, 0.3) is 5.91 Å². The Bertz CT molecular complexity index is 790. The lowest BCUT2D eigenvalue weighted by Gasteiger charge is -2.22. The van der Waals surface area contributed by atoms with Crippen molar-refractivity contribution in [2.24, 2.45) is 5.92 Å². The van der Waals surface area contributed by atoms with Gasteiger partial charge >= 0.3 is 6.09 Å². The van der Waals surface area contributed by atoms with Crippen LogP contribution in [0.5, 0.6) is 0 Å². The lowest BCUT2D eigenvalue weighted by atomic mass is 9.98. The third kappa shape index (κ3) is 7.58. The highest BCUT2D eigenvalue weighted by Crippen LogP contribution is 2.21. The molecule has 1 fully saturated rings. The molecule has 0 unspecified atom stereocenters. The molecule has 3 amide bonds. The van der Waals surface area contributed by atoms with Gasteiger partial charge < -0.3 is 20.7 Å². The quantitative estimate of drug-likeness (QED) is 0.558. The summed E-state index contributed by atoms with van der Waals surface area (Å²) in [6, 6.07) is 1.34. The van der Waals surface area contributed by atoms with Crippen molar-refractivity contribution in [1.82, 2.24) is 16.0 Å². The minimum atomic E-state index is -1.26. The van der Waals surface area contributed by atoms with Crippen LogP contribution in [0, 0.1) is 17.6 Å². The highest BCUT2D eigenvalue weighted by Gasteiger charge is 2.22. The number of rotatable bonds is 6. The zero-order chi connectivity index (χ0) is 22.3. The number of halogens is 2. The third-order valence-corrected chi connectivity index (χ3v) is 4.40. The van der Waals surface area contributed by atoms with E-state index in [1.54, 1.807) is 20.8 Å². The second kappa shape index (κ2) is 10.3. The fourth-order valence-electron chi connectivity index (χ4n) is 2.91. The van der Waals surface area contributed by atoms with E-state index < -0.39 is 35.1 Å². The fraction of sp³-hybridized carbons (Fsp3) is 0.550. The van der Waals surface area contributed by atoms with E-state index in [1.165, 1.54) is 0 Å². The number of piperidine rings is 1. The molecule has 0 aromatic heterocycles. The van der Waals surface area contributed by atoms with Crippen LogP contribution >= 0.6 is 0 Å². The lowest BCUT2D eigenvalue weighted by molar-refractivity contribution is -0.120. The Labute approximate surface area is 174 Å². The maximum atomic E-state index is 13.7. The summed E-state index contributed by atoms with van der Waals surface area (Å²) in [5, 5.41) is 10.6. The first-order valence-electron chi connectivity index (χ1n) is 9.80. The van der Waals surface area contributed by atoms with Gasteiger partial charge in [0.15, 0.2) is 11.6 Å². The largest absolute Gasteiger partial charge is 0.444 e. The van der Waals surface area contributed by atoms with E-state index in [2.05, 4.69) is 21.3 Å². The minimum absolute atomic E-state index is 0.268. The molecule has 0 aliphatic carbocycles. The number of hydrogen-bond acceptors (Lipinski definition) is 5. The summed E-state index contributed by atoms with van der Waals surface area (Å²) in [6.45, 7) is 6.87. The van der Waals surface area contributed by atoms with Crippen molar-refractivity contribution < 1.29 is 27.9 Å². The summed E-state index contributed by atoms with van der Waals surface area (Å²) in [6.07, 6.45) is 0.991. The van der Waals surface area contributed by atoms with Crippen molar-refractivity contribution >= 4 is 23.6 Å². The molecule has 0 saturated carbocycles. The van der Waals surface area contributed by atoms with Crippen LogP contribution in [0.3, 0.4) is 0 Å². The molecule has 166 valence electrons. The maximum absolute atomic E-state index is 13.7. The van der Waals surface area contributed by atoms with Crippen molar-refractivity contribution in [1.29, 1.82) is 0 Å². The number of ether oxygens (including phenoxy) is 1. The van der Waals surface area contributed by atoms with Crippen LogP contribution in [0.2, 0.25) is 0 Å². The van der Waals surface area contributed by atoms with Gasteiger partial charge in [0.1, 0.15) is 5.60 Å². The van der Waals surface area contributed by atoms with E-state index in [0.717, 1.165) is 25.9 Å². The molecular formula is C20H28F2N4O4. The minimum Gasteiger partial charge on any atom is -0.444 e. The van der Waals surface area contributed by atoms with Crippen LogP contribution in [0.4, 0.5) is 19.3 Å². The molecule has 8 nitrogen and oxygen atoms in total. The molecule has 1 aromatic carbocycles. The molecule has 1 heterocycles. The Morgan fingerprint density at radius 3 is 2.37 bits per heavy atom. The molecule has 1 saturated heterocycles. The SMILES string of the molecule is CC(C)(C)OC(=O)Nc1cc(F)c(F)cc1C(=O)NCC(=O)NCC1CCNCC1. The molecule has 0 radical (unpaired) electrons. The summed E-state index contributed by atoms with van der Waals surface area (Å²) >= 11 is 0. The van der Waals surface area contributed by atoms with E-state index in [1.807, 2.05) is 0 Å². The van der Waals surface area contributed by atoms with Crippen molar-refractivity contribution in [2.75, 3.05) is 31.5 Å². The van der Waals surface area contributed by atoms with E-state index in [9.17, 15) is 23.2 Å². The predicted octanol–water partition coefficient (Wildman–Crippen LogP) is 2.16. The van der Waals surface area contributed by atoms with Crippen LogP contribution in [-0.4, -0.2) is 49.7 Å². The summed E-state index contributed by atoms with van der Waals surface area (Å²) in [4.78, 5) is 36.4. The normalized spacial score (nSPS) is 14.7. The molecule has 30 heavy (non-hydrogen) atoms. The van der Waals surface area contributed by atoms with Crippen LogP contribution in [0.25, 0.3) is 0 Å². The number of hydrogen-bond donors (Lipinski definition) is 4. The number of carbonyl (C=O) groups is 3. The van der Waals surface area contributed by atoms with E-state index in [4.69, 9.17) is 4.74 Å². The zero-order valence-corrected chi connectivity index (χ0v) is 17.4. The third-order valence-electron chi connectivity index (χ3n) is 4.40. The van der Waals surface area contributed by atoms with Gasteiger partial charge in [-0.3, -0.25) is 14.9 Å². The van der Waals surface area contributed by atoms with Crippen LogP contribution < -0.4 is 21.3 Å². The Morgan fingerprint density at radius 2 is 1.73 bits per heavy atom. The molecule has 0 atom stereocenters. The second-order valence-electron chi connectivity index (χ2n) is 8.12. The molecule has 2 rings (SSSR count). The second-order valence-corrected chi connectivity index (χ2v) is 8.12. The van der Waals surface area contributed by atoms with Crippen molar-refractivity contribution in [3.8, 4) is 0 Å². The lowest BCUT2D eigenvalue weighted by Crippen LogP contribution is -2.41. The van der Waals surface area contributed by atoms with Gasteiger partial charge in [-0.25, -0.2) is 13.6 Å². The molecule has 1 aliphatic heterocycles. The smallest absolute Gasteiger partial charge is 0.412 e. The molecule has 1 aliphatic rings. The predicted molar refractivity (Wildman–Crippen MR) is 107 cm³/mol.